The van der Waals surface area contributed by atoms with Gasteiger partial charge in [0.15, 0.2) is 5.82 Å². The highest BCUT2D eigenvalue weighted by atomic mass is 79.9. The summed E-state index contributed by atoms with van der Waals surface area (Å²) in [5.74, 6) is 0.422. The molecule has 0 saturated carbocycles. The average molecular weight is 293 g/mol. The maximum absolute atomic E-state index is 9.89. The van der Waals surface area contributed by atoms with E-state index in [0.29, 0.717) is 5.82 Å². The lowest BCUT2D eigenvalue weighted by Gasteiger charge is -2.16. The molecule has 0 fully saturated rings. The van der Waals surface area contributed by atoms with E-state index in [1.54, 1.807) is 20.0 Å². The zero-order valence-electron chi connectivity index (χ0n) is 9.68. The average Bonchev–Trinajstić information content (AvgIpc) is 2.29. The first-order valence-corrected chi connectivity index (χ1v) is 6.08. The van der Waals surface area contributed by atoms with Gasteiger partial charge in [-0.2, -0.15) is 0 Å². The second-order valence-corrected chi connectivity index (χ2v) is 5.16. The van der Waals surface area contributed by atoms with Crippen molar-refractivity contribution < 1.29 is 5.11 Å². The number of aliphatic hydroxyl groups is 1. The van der Waals surface area contributed by atoms with Gasteiger partial charge in [0.2, 0.25) is 0 Å². The molecule has 1 aromatic carbocycles. The summed E-state index contributed by atoms with van der Waals surface area (Å²) < 4.78 is 0.973. The fraction of sp³-hybridized carbons (Fsp3) is 0.231. The maximum Gasteiger partial charge on any atom is 0.160 e. The van der Waals surface area contributed by atoms with Crippen LogP contribution in [0.5, 0.6) is 0 Å². The predicted molar refractivity (Wildman–Crippen MR) is 70.4 cm³/mol. The van der Waals surface area contributed by atoms with Crippen LogP contribution in [0.4, 0.5) is 0 Å². The van der Waals surface area contributed by atoms with Gasteiger partial charge in [0.05, 0.1) is 5.69 Å². The fourth-order valence-corrected chi connectivity index (χ4v) is 1.96. The Balaban J connectivity index is 2.51. The minimum absolute atomic E-state index is 0.422. The lowest BCUT2D eigenvalue weighted by molar-refractivity contribution is 0.0688. The zero-order valence-corrected chi connectivity index (χ0v) is 11.3. The largest absolute Gasteiger partial charge is 0.382 e. The smallest absolute Gasteiger partial charge is 0.160 e. The van der Waals surface area contributed by atoms with E-state index in [1.165, 1.54) is 0 Å². The molecule has 0 bridgehead atoms. The van der Waals surface area contributed by atoms with Crippen molar-refractivity contribution in [1.82, 2.24) is 9.97 Å². The predicted octanol–water partition coefficient (Wildman–Crippen LogP) is 3.13. The van der Waals surface area contributed by atoms with E-state index >= 15 is 0 Å². The molecule has 0 aliphatic heterocycles. The summed E-state index contributed by atoms with van der Waals surface area (Å²) in [7, 11) is 0. The molecule has 17 heavy (non-hydrogen) atoms. The van der Waals surface area contributed by atoms with Gasteiger partial charge in [-0.3, -0.25) is 0 Å². The lowest BCUT2D eigenvalue weighted by atomic mass is 10.1. The third-order valence-electron chi connectivity index (χ3n) is 2.35. The molecular formula is C13H13BrN2O. The minimum Gasteiger partial charge on any atom is -0.382 e. The first-order chi connectivity index (χ1) is 7.98. The van der Waals surface area contributed by atoms with Crippen LogP contribution in [0.25, 0.3) is 11.3 Å². The van der Waals surface area contributed by atoms with Gasteiger partial charge in [-0.05, 0) is 26.0 Å². The molecular weight excluding hydrogens is 280 g/mol. The molecule has 1 N–H and O–H groups in total. The van der Waals surface area contributed by atoms with Crippen molar-refractivity contribution in [3.8, 4) is 11.3 Å². The van der Waals surface area contributed by atoms with Crippen LogP contribution in [-0.4, -0.2) is 15.1 Å². The van der Waals surface area contributed by atoms with Crippen LogP contribution in [0, 0.1) is 0 Å². The van der Waals surface area contributed by atoms with Crippen LogP contribution < -0.4 is 0 Å². The Morgan fingerprint density at radius 2 is 1.88 bits per heavy atom. The van der Waals surface area contributed by atoms with Crippen molar-refractivity contribution in [3.63, 3.8) is 0 Å². The molecule has 1 heterocycles. The van der Waals surface area contributed by atoms with E-state index in [-0.39, 0.29) is 0 Å². The standard InChI is InChI=1S/C13H13BrN2O/c1-13(2,17)12-15-8-7-11(16-12)9-5-3-4-6-10(9)14/h3-8,17H,1-2H3. The zero-order chi connectivity index (χ0) is 12.5. The van der Waals surface area contributed by atoms with Crippen LogP contribution in [0.1, 0.15) is 19.7 Å². The summed E-state index contributed by atoms with van der Waals surface area (Å²) in [6.07, 6.45) is 1.66. The molecule has 0 radical (unpaired) electrons. The van der Waals surface area contributed by atoms with E-state index in [9.17, 15) is 5.11 Å². The first-order valence-electron chi connectivity index (χ1n) is 5.29. The highest BCUT2D eigenvalue weighted by Crippen LogP contribution is 2.27. The Labute approximate surface area is 109 Å². The molecule has 2 rings (SSSR count). The van der Waals surface area contributed by atoms with Crippen LogP contribution >= 0.6 is 15.9 Å². The molecule has 4 heteroatoms. The molecule has 0 aliphatic rings. The highest BCUT2D eigenvalue weighted by Gasteiger charge is 2.20. The quantitative estimate of drug-likeness (QED) is 0.925. The van der Waals surface area contributed by atoms with Gasteiger partial charge in [-0.25, -0.2) is 9.97 Å². The summed E-state index contributed by atoms with van der Waals surface area (Å²) in [6.45, 7) is 3.35. The van der Waals surface area contributed by atoms with Crippen molar-refractivity contribution in [2.45, 2.75) is 19.4 Å². The second kappa shape index (κ2) is 4.55. The molecule has 0 saturated heterocycles. The molecule has 3 nitrogen and oxygen atoms in total. The number of rotatable bonds is 2. The number of nitrogens with zero attached hydrogens (tertiary/aromatic N) is 2. The molecule has 0 aliphatic carbocycles. The number of hydrogen-bond acceptors (Lipinski definition) is 3. The van der Waals surface area contributed by atoms with Gasteiger partial charge >= 0.3 is 0 Å². The molecule has 0 unspecified atom stereocenters. The van der Waals surface area contributed by atoms with Gasteiger partial charge < -0.3 is 5.11 Å². The summed E-state index contributed by atoms with van der Waals surface area (Å²) in [5, 5.41) is 9.89. The van der Waals surface area contributed by atoms with E-state index in [0.717, 1.165) is 15.7 Å². The van der Waals surface area contributed by atoms with Crippen molar-refractivity contribution >= 4 is 15.9 Å². The second-order valence-electron chi connectivity index (χ2n) is 4.30. The SMILES string of the molecule is CC(C)(O)c1nccc(-c2ccccc2Br)n1. The number of hydrogen-bond donors (Lipinski definition) is 1. The van der Waals surface area contributed by atoms with E-state index in [1.807, 2.05) is 30.3 Å². The Bertz CT molecular complexity index is 535. The highest BCUT2D eigenvalue weighted by molar-refractivity contribution is 9.10. The molecule has 0 atom stereocenters. The summed E-state index contributed by atoms with van der Waals surface area (Å²) in [5.41, 5.74) is 0.752. The van der Waals surface area contributed by atoms with Gasteiger partial charge in [0.25, 0.3) is 0 Å². The van der Waals surface area contributed by atoms with Gasteiger partial charge in [0.1, 0.15) is 5.60 Å². The number of benzene rings is 1. The lowest BCUT2D eigenvalue weighted by Crippen LogP contribution is -2.19. The van der Waals surface area contributed by atoms with E-state index in [4.69, 9.17) is 0 Å². The molecule has 0 amide bonds. The van der Waals surface area contributed by atoms with Gasteiger partial charge in [0, 0.05) is 16.2 Å². The molecule has 1 aromatic heterocycles. The Hall–Kier alpha value is -1.26. The first kappa shape index (κ1) is 12.2. The number of aromatic nitrogens is 2. The van der Waals surface area contributed by atoms with Crippen LogP contribution in [-0.2, 0) is 5.60 Å². The van der Waals surface area contributed by atoms with Crippen molar-refractivity contribution in [2.24, 2.45) is 0 Å². The van der Waals surface area contributed by atoms with E-state index < -0.39 is 5.60 Å². The fourth-order valence-electron chi connectivity index (χ4n) is 1.47. The Morgan fingerprint density at radius 1 is 1.18 bits per heavy atom. The van der Waals surface area contributed by atoms with Gasteiger partial charge in [-0.15, -0.1) is 0 Å². The summed E-state index contributed by atoms with van der Waals surface area (Å²) in [4.78, 5) is 8.47. The Kier molecular flexibility index (Phi) is 3.26. The summed E-state index contributed by atoms with van der Waals surface area (Å²) in [6, 6.07) is 9.66. The molecule has 88 valence electrons. The van der Waals surface area contributed by atoms with E-state index in [2.05, 4.69) is 25.9 Å². The van der Waals surface area contributed by atoms with Crippen molar-refractivity contribution in [3.05, 3.63) is 46.8 Å². The van der Waals surface area contributed by atoms with Crippen LogP contribution in [0.2, 0.25) is 0 Å². The molecule has 0 spiro atoms. The topological polar surface area (TPSA) is 46.0 Å². The monoisotopic (exact) mass is 292 g/mol. The summed E-state index contributed by atoms with van der Waals surface area (Å²) >= 11 is 3.49. The maximum atomic E-state index is 9.89. The Morgan fingerprint density at radius 3 is 2.53 bits per heavy atom. The normalized spacial score (nSPS) is 11.5. The third-order valence-corrected chi connectivity index (χ3v) is 3.04. The molecule has 2 aromatic rings. The van der Waals surface area contributed by atoms with Crippen LogP contribution in [0.3, 0.4) is 0 Å². The van der Waals surface area contributed by atoms with Crippen molar-refractivity contribution in [2.75, 3.05) is 0 Å². The number of halogens is 1. The minimum atomic E-state index is -1.03. The third kappa shape index (κ3) is 2.70. The van der Waals surface area contributed by atoms with Gasteiger partial charge in [-0.1, -0.05) is 34.1 Å². The van der Waals surface area contributed by atoms with Crippen molar-refractivity contribution in [1.29, 1.82) is 0 Å². The van der Waals surface area contributed by atoms with Crippen LogP contribution in [0.15, 0.2) is 41.0 Å².